The van der Waals surface area contributed by atoms with Crippen LogP contribution in [0.25, 0.3) is 11.3 Å². The van der Waals surface area contributed by atoms with Crippen LogP contribution in [0.2, 0.25) is 0 Å². The first-order chi connectivity index (χ1) is 11.8. The maximum Gasteiger partial charge on any atom is 0.416 e. The molecule has 0 unspecified atom stereocenters. The predicted octanol–water partition coefficient (Wildman–Crippen LogP) is 5.11. The van der Waals surface area contributed by atoms with Crippen LogP contribution in [0.15, 0.2) is 59.1 Å². The number of hydrogen-bond donors (Lipinski definition) is 2. The van der Waals surface area contributed by atoms with Gasteiger partial charge in [0.05, 0.1) is 11.3 Å². The first-order valence-corrected chi connectivity index (χ1v) is 7.92. The Labute approximate surface area is 149 Å². The van der Waals surface area contributed by atoms with Gasteiger partial charge in [-0.2, -0.15) is 18.3 Å². The Morgan fingerprint density at radius 1 is 1.04 bits per heavy atom. The number of H-pyrrole nitrogens is 1. The molecule has 0 bridgehead atoms. The van der Waals surface area contributed by atoms with E-state index in [-0.39, 0.29) is 11.4 Å². The predicted molar refractivity (Wildman–Crippen MR) is 91.1 cm³/mol. The highest BCUT2D eigenvalue weighted by Gasteiger charge is 2.30. The van der Waals surface area contributed by atoms with Crippen LogP contribution in [-0.4, -0.2) is 16.1 Å². The summed E-state index contributed by atoms with van der Waals surface area (Å²) in [6.45, 7) is 0. The Morgan fingerprint density at radius 3 is 2.28 bits per heavy atom. The number of hydrogen-bond acceptors (Lipinski definition) is 2. The average Bonchev–Trinajstić information content (AvgIpc) is 3.05. The number of rotatable bonds is 3. The number of alkyl halides is 3. The second-order valence-electron chi connectivity index (χ2n) is 5.20. The molecule has 0 atom stereocenters. The van der Waals surface area contributed by atoms with Gasteiger partial charge in [0, 0.05) is 15.7 Å². The van der Waals surface area contributed by atoms with Crippen LogP contribution in [0.5, 0.6) is 0 Å². The van der Waals surface area contributed by atoms with Gasteiger partial charge >= 0.3 is 6.18 Å². The Kier molecular flexibility index (Phi) is 4.63. The smallest absolute Gasteiger partial charge is 0.321 e. The van der Waals surface area contributed by atoms with Crippen LogP contribution in [0.3, 0.4) is 0 Å². The van der Waals surface area contributed by atoms with Crippen LogP contribution >= 0.6 is 15.9 Å². The Bertz CT molecular complexity index is 887. The molecule has 0 saturated carbocycles. The molecule has 25 heavy (non-hydrogen) atoms. The lowest BCUT2D eigenvalue weighted by Gasteiger charge is -2.08. The third-order valence-corrected chi connectivity index (χ3v) is 3.96. The van der Waals surface area contributed by atoms with Crippen molar-refractivity contribution in [1.29, 1.82) is 0 Å². The van der Waals surface area contributed by atoms with E-state index in [2.05, 4.69) is 31.4 Å². The van der Waals surface area contributed by atoms with Crippen molar-refractivity contribution in [2.75, 3.05) is 5.32 Å². The lowest BCUT2D eigenvalue weighted by molar-refractivity contribution is -0.137. The number of anilines is 1. The van der Waals surface area contributed by atoms with Gasteiger partial charge in [0.25, 0.3) is 5.91 Å². The molecule has 0 saturated heterocycles. The van der Waals surface area contributed by atoms with Crippen molar-refractivity contribution in [3.63, 3.8) is 0 Å². The van der Waals surface area contributed by atoms with Gasteiger partial charge in [0.15, 0.2) is 0 Å². The summed E-state index contributed by atoms with van der Waals surface area (Å²) in [5, 5.41) is 9.22. The van der Waals surface area contributed by atoms with Crippen LogP contribution in [0.1, 0.15) is 16.1 Å². The first-order valence-electron chi connectivity index (χ1n) is 7.13. The molecule has 128 valence electrons. The van der Waals surface area contributed by atoms with Crippen molar-refractivity contribution in [1.82, 2.24) is 10.2 Å². The van der Waals surface area contributed by atoms with Crippen molar-refractivity contribution >= 4 is 27.5 Å². The number of halogens is 4. The summed E-state index contributed by atoms with van der Waals surface area (Å²) in [6.07, 6.45) is -4.41. The number of nitrogens with one attached hydrogen (secondary N) is 2. The van der Waals surface area contributed by atoms with E-state index in [9.17, 15) is 18.0 Å². The summed E-state index contributed by atoms with van der Waals surface area (Å²) in [7, 11) is 0. The summed E-state index contributed by atoms with van der Waals surface area (Å²) < 4.78 is 38.5. The maximum absolute atomic E-state index is 12.5. The summed E-state index contributed by atoms with van der Waals surface area (Å²) in [5.41, 5.74) is 1.11. The van der Waals surface area contributed by atoms with E-state index < -0.39 is 17.6 Å². The lowest BCUT2D eigenvalue weighted by atomic mass is 10.1. The van der Waals surface area contributed by atoms with Gasteiger partial charge in [-0.1, -0.05) is 28.1 Å². The van der Waals surface area contributed by atoms with Crippen molar-refractivity contribution in [2.45, 2.75) is 6.18 Å². The first kappa shape index (κ1) is 17.2. The van der Waals surface area contributed by atoms with Gasteiger partial charge in [0.1, 0.15) is 5.69 Å². The Hall–Kier alpha value is -2.61. The van der Waals surface area contributed by atoms with E-state index in [4.69, 9.17) is 0 Å². The highest BCUT2D eigenvalue weighted by atomic mass is 79.9. The van der Waals surface area contributed by atoms with E-state index in [1.807, 2.05) is 24.3 Å². The van der Waals surface area contributed by atoms with Crippen LogP contribution in [0.4, 0.5) is 18.9 Å². The minimum Gasteiger partial charge on any atom is -0.321 e. The fourth-order valence-corrected chi connectivity index (χ4v) is 2.41. The molecule has 3 rings (SSSR count). The standard InChI is InChI=1S/C17H11BrF3N3O/c18-12-5-1-10(2-6-12)14-9-15(24-23-14)16(25)22-13-7-3-11(4-8-13)17(19,20)21/h1-9H,(H,22,25)(H,23,24). The van der Waals surface area contributed by atoms with Crippen LogP contribution < -0.4 is 5.32 Å². The van der Waals surface area contributed by atoms with Gasteiger partial charge in [0.2, 0.25) is 0 Å². The van der Waals surface area contributed by atoms with E-state index in [0.717, 1.165) is 22.2 Å². The monoisotopic (exact) mass is 409 g/mol. The van der Waals surface area contributed by atoms with Crippen molar-refractivity contribution in [2.24, 2.45) is 0 Å². The SMILES string of the molecule is O=C(Nc1ccc(C(F)(F)F)cc1)c1cc(-c2ccc(Br)cc2)n[nH]1. The molecule has 8 heteroatoms. The molecule has 2 N–H and O–H groups in total. The number of carbonyl (C=O) groups excluding carboxylic acids is 1. The van der Waals surface area contributed by atoms with Crippen LogP contribution in [0, 0.1) is 0 Å². The molecular weight excluding hydrogens is 399 g/mol. The second-order valence-corrected chi connectivity index (χ2v) is 6.12. The highest BCUT2D eigenvalue weighted by molar-refractivity contribution is 9.10. The summed E-state index contributed by atoms with van der Waals surface area (Å²) in [4.78, 5) is 12.2. The van der Waals surface area contributed by atoms with Gasteiger partial charge in [-0.25, -0.2) is 0 Å². The topological polar surface area (TPSA) is 57.8 Å². The van der Waals surface area contributed by atoms with Crippen molar-refractivity contribution in [3.8, 4) is 11.3 Å². The van der Waals surface area contributed by atoms with E-state index in [0.29, 0.717) is 5.69 Å². The Morgan fingerprint density at radius 2 is 1.68 bits per heavy atom. The summed E-state index contributed by atoms with van der Waals surface area (Å²) in [5.74, 6) is -0.490. The second kappa shape index (κ2) is 6.72. The molecule has 3 aromatic rings. The van der Waals surface area contributed by atoms with Crippen LogP contribution in [-0.2, 0) is 6.18 Å². The summed E-state index contributed by atoms with van der Waals surface area (Å²) in [6, 6.07) is 13.2. The van der Waals surface area contributed by atoms with E-state index >= 15 is 0 Å². The van der Waals surface area contributed by atoms with Gasteiger partial charge in [-0.05, 0) is 42.5 Å². The molecule has 1 heterocycles. The lowest BCUT2D eigenvalue weighted by Crippen LogP contribution is -2.12. The zero-order valence-corrected chi connectivity index (χ0v) is 14.1. The molecule has 1 aromatic heterocycles. The average molecular weight is 410 g/mol. The van der Waals surface area contributed by atoms with Gasteiger partial charge < -0.3 is 5.32 Å². The largest absolute Gasteiger partial charge is 0.416 e. The van der Waals surface area contributed by atoms with Gasteiger partial charge in [-0.15, -0.1) is 0 Å². The third kappa shape index (κ3) is 4.08. The molecule has 0 fully saturated rings. The molecular formula is C17H11BrF3N3O. The van der Waals surface area contributed by atoms with E-state index in [1.54, 1.807) is 6.07 Å². The minimum atomic E-state index is -4.41. The maximum atomic E-state index is 12.5. The zero-order valence-electron chi connectivity index (χ0n) is 12.6. The summed E-state index contributed by atoms with van der Waals surface area (Å²) >= 11 is 3.34. The van der Waals surface area contributed by atoms with Gasteiger partial charge in [-0.3, -0.25) is 9.89 Å². The molecule has 1 amide bonds. The highest BCUT2D eigenvalue weighted by Crippen LogP contribution is 2.30. The molecule has 2 aromatic carbocycles. The van der Waals surface area contributed by atoms with E-state index in [1.165, 1.54) is 12.1 Å². The number of nitrogens with zero attached hydrogens (tertiary/aromatic N) is 1. The zero-order chi connectivity index (χ0) is 18.0. The molecule has 0 spiro atoms. The number of amides is 1. The molecule has 4 nitrogen and oxygen atoms in total. The molecule has 0 aliphatic heterocycles. The number of carbonyl (C=O) groups is 1. The molecule has 0 radical (unpaired) electrons. The van der Waals surface area contributed by atoms with Crippen molar-refractivity contribution in [3.05, 3.63) is 70.3 Å². The number of aromatic amines is 1. The number of aromatic nitrogens is 2. The minimum absolute atomic E-state index is 0.206. The Balaban J connectivity index is 1.72. The third-order valence-electron chi connectivity index (χ3n) is 3.43. The fraction of sp³-hybridized carbons (Fsp3) is 0.0588. The molecule has 0 aliphatic carbocycles. The van der Waals surface area contributed by atoms with Crippen molar-refractivity contribution < 1.29 is 18.0 Å². The molecule has 0 aliphatic rings. The normalized spacial score (nSPS) is 11.4. The fourth-order valence-electron chi connectivity index (χ4n) is 2.15. The number of benzene rings is 2. The quantitative estimate of drug-likeness (QED) is 0.631.